The van der Waals surface area contributed by atoms with Gasteiger partial charge in [0.05, 0.1) is 35.8 Å². The first-order chi connectivity index (χ1) is 13.8. The molecule has 2 N–H and O–H groups in total. The Bertz CT molecular complexity index is 1000. The highest BCUT2D eigenvalue weighted by Crippen LogP contribution is 2.34. The minimum absolute atomic E-state index is 0.196. The summed E-state index contributed by atoms with van der Waals surface area (Å²) >= 11 is 0. The van der Waals surface area contributed by atoms with Crippen LogP contribution in [-0.2, 0) is 12.6 Å². The Morgan fingerprint density at radius 1 is 1.17 bits per heavy atom. The number of carbonyl (C=O) groups excluding carboxylic acids is 1. The molecule has 0 spiro atoms. The lowest BCUT2D eigenvalue weighted by molar-refractivity contribution is -0.137. The molecule has 0 fully saturated rings. The topological polar surface area (TPSA) is 94.0 Å². The summed E-state index contributed by atoms with van der Waals surface area (Å²) in [6.07, 6.45) is -2.81. The van der Waals surface area contributed by atoms with Gasteiger partial charge in [-0.1, -0.05) is 19.1 Å². The summed E-state index contributed by atoms with van der Waals surface area (Å²) in [5.41, 5.74) is 4.18. The second kappa shape index (κ2) is 8.17. The number of carbonyl (C=O) groups is 1. The van der Waals surface area contributed by atoms with Gasteiger partial charge in [0.2, 0.25) is 5.88 Å². The molecule has 8 nitrogen and oxygen atoms in total. The number of nitrogens with zero attached hydrogens (tertiary/aromatic N) is 4. The number of anilines is 1. The summed E-state index contributed by atoms with van der Waals surface area (Å²) in [4.78, 5) is 12.5. The molecule has 152 valence electrons. The van der Waals surface area contributed by atoms with E-state index in [1.54, 1.807) is 12.1 Å². The van der Waals surface area contributed by atoms with Crippen molar-refractivity contribution in [3.63, 3.8) is 0 Å². The van der Waals surface area contributed by atoms with E-state index in [0.29, 0.717) is 23.8 Å². The highest BCUT2D eigenvalue weighted by atomic mass is 19.4. The Labute approximate surface area is 163 Å². The molecule has 0 aliphatic rings. The Balaban J connectivity index is 1.81. The predicted octanol–water partition coefficient (Wildman–Crippen LogP) is 3.01. The van der Waals surface area contributed by atoms with E-state index in [1.165, 1.54) is 36.2 Å². The minimum Gasteiger partial charge on any atom is -0.480 e. The summed E-state index contributed by atoms with van der Waals surface area (Å²) in [5, 5.41) is 12.0. The van der Waals surface area contributed by atoms with Crippen LogP contribution in [-0.4, -0.2) is 33.0 Å². The number of hydrogen-bond acceptors (Lipinski definition) is 6. The van der Waals surface area contributed by atoms with Crippen LogP contribution in [0, 0.1) is 0 Å². The molecule has 0 aliphatic carbocycles. The molecule has 1 aromatic carbocycles. The molecule has 1 amide bonds. The molecule has 29 heavy (non-hydrogen) atoms. The first-order valence-electron chi connectivity index (χ1n) is 8.52. The highest BCUT2D eigenvalue weighted by molar-refractivity contribution is 5.96. The van der Waals surface area contributed by atoms with Crippen molar-refractivity contribution in [2.75, 3.05) is 12.5 Å². The van der Waals surface area contributed by atoms with Gasteiger partial charge in [-0.3, -0.25) is 15.6 Å². The van der Waals surface area contributed by atoms with Gasteiger partial charge in [0, 0.05) is 6.07 Å². The standard InChI is InChI=1S/C18H17F3N6O2/c1-3-14-11(10-22-27(14)15-8-9-16(29-2)25-24-15)17(28)26-23-13-7-5-4-6-12(13)18(19,20)21/h4-10,23H,3H2,1-2H3,(H,26,28). The predicted molar refractivity (Wildman–Crippen MR) is 97.6 cm³/mol. The normalized spacial score (nSPS) is 11.2. The van der Waals surface area contributed by atoms with Crippen LogP contribution >= 0.6 is 0 Å². The lowest BCUT2D eigenvalue weighted by Gasteiger charge is -2.15. The average Bonchev–Trinajstić information content (AvgIpc) is 3.15. The third-order valence-electron chi connectivity index (χ3n) is 4.04. The number of methoxy groups -OCH3 is 1. The first kappa shape index (κ1) is 20.1. The van der Waals surface area contributed by atoms with Gasteiger partial charge in [-0.2, -0.15) is 18.3 Å². The smallest absolute Gasteiger partial charge is 0.418 e. The van der Waals surface area contributed by atoms with E-state index in [-0.39, 0.29) is 11.3 Å². The number of halogens is 3. The molecule has 0 saturated carbocycles. The van der Waals surface area contributed by atoms with E-state index in [0.717, 1.165) is 6.07 Å². The number of benzene rings is 1. The van der Waals surface area contributed by atoms with Crippen molar-refractivity contribution < 1.29 is 22.7 Å². The molecular formula is C18H17F3N6O2. The van der Waals surface area contributed by atoms with E-state index >= 15 is 0 Å². The number of hydrogen-bond donors (Lipinski definition) is 2. The molecular weight excluding hydrogens is 389 g/mol. The first-order valence-corrected chi connectivity index (χ1v) is 8.52. The van der Waals surface area contributed by atoms with E-state index < -0.39 is 17.6 Å². The van der Waals surface area contributed by atoms with Crippen molar-refractivity contribution in [2.24, 2.45) is 0 Å². The number of hydrazine groups is 1. The number of nitrogens with one attached hydrogen (secondary N) is 2. The van der Waals surface area contributed by atoms with Crippen LogP contribution < -0.4 is 15.6 Å². The zero-order chi connectivity index (χ0) is 21.0. The Morgan fingerprint density at radius 2 is 1.93 bits per heavy atom. The Morgan fingerprint density at radius 3 is 2.55 bits per heavy atom. The lowest BCUT2D eigenvalue weighted by atomic mass is 10.2. The van der Waals surface area contributed by atoms with Crippen LogP contribution in [0.2, 0.25) is 0 Å². The number of rotatable bonds is 6. The maximum atomic E-state index is 13.1. The number of alkyl halides is 3. The fourth-order valence-electron chi connectivity index (χ4n) is 2.67. The van der Waals surface area contributed by atoms with Gasteiger partial charge in [-0.15, -0.1) is 10.2 Å². The zero-order valence-electron chi connectivity index (χ0n) is 15.5. The van der Waals surface area contributed by atoms with Gasteiger partial charge in [-0.25, -0.2) is 4.68 Å². The van der Waals surface area contributed by atoms with E-state index in [4.69, 9.17) is 4.74 Å². The van der Waals surface area contributed by atoms with Gasteiger partial charge in [-0.05, 0) is 24.6 Å². The highest BCUT2D eigenvalue weighted by Gasteiger charge is 2.33. The Hall–Kier alpha value is -3.63. The van der Waals surface area contributed by atoms with Gasteiger partial charge in [0.25, 0.3) is 5.91 Å². The van der Waals surface area contributed by atoms with Gasteiger partial charge in [0.1, 0.15) is 0 Å². The molecule has 0 radical (unpaired) electrons. The minimum atomic E-state index is -4.55. The summed E-state index contributed by atoms with van der Waals surface area (Å²) in [6.45, 7) is 1.81. The van der Waals surface area contributed by atoms with Crippen molar-refractivity contribution in [2.45, 2.75) is 19.5 Å². The monoisotopic (exact) mass is 406 g/mol. The molecule has 3 aromatic rings. The fraction of sp³-hybridized carbons (Fsp3) is 0.222. The van der Waals surface area contributed by atoms with Crippen molar-refractivity contribution in [1.82, 2.24) is 25.4 Å². The number of ether oxygens (including phenoxy) is 1. The maximum absolute atomic E-state index is 13.1. The third-order valence-corrected chi connectivity index (χ3v) is 4.04. The molecule has 2 heterocycles. The molecule has 0 saturated heterocycles. The summed E-state index contributed by atoms with van der Waals surface area (Å²) < 4.78 is 45.6. The lowest BCUT2D eigenvalue weighted by Crippen LogP contribution is -2.31. The molecule has 0 unspecified atom stereocenters. The fourth-order valence-corrected chi connectivity index (χ4v) is 2.67. The molecule has 0 bridgehead atoms. The second-order valence-corrected chi connectivity index (χ2v) is 5.83. The van der Waals surface area contributed by atoms with Gasteiger partial charge in [0.15, 0.2) is 5.82 Å². The van der Waals surface area contributed by atoms with Crippen molar-refractivity contribution >= 4 is 11.6 Å². The zero-order valence-corrected chi connectivity index (χ0v) is 15.5. The van der Waals surface area contributed by atoms with Crippen LogP contribution in [0.15, 0.2) is 42.6 Å². The molecule has 0 atom stereocenters. The van der Waals surface area contributed by atoms with E-state index in [9.17, 15) is 18.0 Å². The van der Waals surface area contributed by atoms with E-state index in [2.05, 4.69) is 26.1 Å². The van der Waals surface area contributed by atoms with Crippen molar-refractivity contribution in [1.29, 1.82) is 0 Å². The van der Waals surface area contributed by atoms with Crippen LogP contribution in [0.3, 0.4) is 0 Å². The molecule has 3 rings (SSSR count). The number of aromatic nitrogens is 4. The van der Waals surface area contributed by atoms with Gasteiger partial charge < -0.3 is 4.74 Å². The third kappa shape index (κ3) is 4.28. The quantitative estimate of drug-likeness (QED) is 0.612. The SMILES string of the molecule is CCc1c(C(=O)NNc2ccccc2C(F)(F)F)cnn1-c1ccc(OC)nn1. The number of amides is 1. The van der Waals surface area contributed by atoms with Crippen molar-refractivity contribution in [3.05, 3.63) is 59.4 Å². The van der Waals surface area contributed by atoms with Gasteiger partial charge >= 0.3 is 6.18 Å². The summed E-state index contributed by atoms with van der Waals surface area (Å²) in [5.74, 6) is 0.0630. The molecule has 11 heteroatoms. The number of para-hydroxylation sites is 1. The van der Waals surface area contributed by atoms with Crippen LogP contribution in [0.1, 0.15) is 28.5 Å². The largest absolute Gasteiger partial charge is 0.480 e. The average molecular weight is 406 g/mol. The summed E-state index contributed by atoms with van der Waals surface area (Å²) in [7, 11) is 1.46. The van der Waals surface area contributed by atoms with Crippen molar-refractivity contribution in [3.8, 4) is 11.7 Å². The molecule has 0 aliphatic heterocycles. The van der Waals surface area contributed by atoms with Crippen LogP contribution in [0.5, 0.6) is 5.88 Å². The van der Waals surface area contributed by atoms with Crippen LogP contribution in [0.4, 0.5) is 18.9 Å². The summed E-state index contributed by atoms with van der Waals surface area (Å²) in [6, 6.07) is 8.06. The van der Waals surface area contributed by atoms with Crippen LogP contribution in [0.25, 0.3) is 5.82 Å². The maximum Gasteiger partial charge on any atom is 0.418 e. The second-order valence-electron chi connectivity index (χ2n) is 5.83. The molecule has 2 aromatic heterocycles. The van der Waals surface area contributed by atoms with E-state index in [1.807, 2.05) is 6.92 Å². The Kier molecular flexibility index (Phi) is 5.66.